The topological polar surface area (TPSA) is 102 Å². The summed E-state index contributed by atoms with van der Waals surface area (Å²) in [5.74, 6) is -1.31. The van der Waals surface area contributed by atoms with E-state index in [1.807, 2.05) is 6.92 Å². The first-order valence-electron chi connectivity index (χ1n) is 6.29. The van der Waals surface area contributed by atoms with Gasteiger partial charge in [-0.3, -0.25) is 10.1 Å². The molecule has 0 saturated carbocycles. The average molecular weight is 280 g/mol. The number of nitrogens with one attached hydrogen (secondary N) is 1. The molecule has 108 valence electrons. The lowest BCUT2D eigenvalue weighted by Gasteiger charge is -2.35. The Hall–Kier alpha value is -2.15. The summed E-state index contributed by atoms with van der Waals surface area (Å²) in [4.78, 5) is 21.2. The lowest BCUT2D eigenvalue weighted by molar-refractivity contribution is -0.385. The highest BCUT2D eigenvalue weighted by Gasteiger charge is 2.28. The fourth-order valence-corrected chi connectivity index (χ4v) is 2.33. The van der Waals surface area contributed by atoms with Gasteiger partial charge in [0.05, 0.1) is 17.1 Å². The number of nitrogens with zero attached hydrogens (tertiary/aromatic N) is 1. The molecule has 2 rings (SSSR count). The Labute approximate surface area is 115 Å². The van der Waals surface area contributed by atoms with Crippen LogP contribution in [-0.4, -0.2) is 34.8 Å². The number of ether oxygens (including phenoxy) is 1. The normalized spacial score (nSPS) is 22.2. The van der Waals surface area contributed by atoms with E-state index in [1.54, 1.807) is 0 Å². The van der Waals surface area contributed by atoms with E-state index in [4.69, 9.17) is 9.84 Å². The van der Waals surface area contributed by atoms with Crippen LogP contribution in [0.2, 0.25) is 0 Å². The number of carbonyl (C=O) groups is 1. The number of carboxylic acid groups (broad SMARTS) is 1. The molecule has 1 aromatic carbocycles. The van der Waals surface area contributed by atoms with Gasteiger partial charge in [-0.2, -0.15) is 0 Å². The van der Waals surface area contributed by atoms with Crippen molar-refractivity contribution in [2.45, 2.75) is 25.3 Å². The van der Waals surface area contributed by atoms with Gasteiger partial charge >= 0.3 is 5.97 Å². The molecule has 0 spiro atoms. The summed E-state index contributed by atoms with van der Waals surface area (Å²) in [5.41, 5.74) is -0.473. The third-order valence-corrected chi connectivity index (χ3v) is 3.31. The molecule has 1 aromatic rings. The van der Waals surface area contributed by atoms with Crippen LogP contribution in [0, 0.1) is 10.1 Å². The van der Waals surface area contributed by atoms with Crippen LogP contribution in [-0.2, 0) is 4.74 Å². The van der Waals surface area contributed by atoms with Crippen LogP contribution in [0.25, 0.3) is 0 Å². The fourth-order valence-electron chi connectivity index (χ4n) is 2.33. The number of carboxylic acids is 1. The molecule has 0 radical (unpaired) electrons. The molecule has 1 fully saturated rings. The van der Waals surface area contributed by atoms with Crippen molar-refractivity contribution in [3.8, 4) is 0 Å². The maximum Gasteiger partial charge on any atom is 0.342 e. The monoisotopic (exact) mass is 280 g/mol. The highest BCUT2D eigenvalue weighted by molar-refractivity contribution is 5.93. The molecule has 2 N–H and O–H groups in total. The lowest BCUT2D eigenvalue weighted by Crippen LogP contribution is -2.43. The zero-order valence-corrected chi connectivity index (χ0v) is 11.1. The van der Waals surface area contributed by atoms with Crippen LogP contribution in [0.3, 0.4) is 0 Å². The van der Waals surface area contributed by atoms with Crippen molar-refractivity contribution in [3.63, 3.8) is 0 Å². The van der Waals surface area contributed by atoms with Gasteiger partial charge in [-0.05, 0) is 31.9 Å². The first-order chi connectivity index (χ1) is 9.41. The zero-order chi connectivity index (χ0) is 14.8. The first-order valence-corrected chi connectivity index (χ1v) is 6.29. The summed E-state index contributed by atoms with van der Waals surface area (Å²) in [6.07, 6.45) is 1.81. The Bertz CT molecular complexity index is 538. The lowest BCUT2D eigenvalue weighted by atomic mass is 9.94. The van der Waals surface area contributed by atoms with Gasteiger partial charge in [-0.25, -0.2) is 4.79 Å². The second kappa shape index (κ2) is 5.46. The molecular weight excluding hydrogens is 264 g/mol. The van der Waals surface area contributed by atoms with E-state index in [2.05, 4.69) is 5.32 Å². The van der Waals surface area contributed by atoms with Crippen LogP contribution in [0.15, 0.2) is 18.2 Å². The van der Waals surface area contributed by atoms with Crippen molar-refractivity contribution in [1.29, 1.82) is 0 Å². The van der Waals surface area contributed by atoms with Crippen LogP contribution < -0.4 is 5.32 Å². The third-order valence-electron chi connectivity index (χ3n) is 3.31. The maximum absolute atomic E-state index is 11.1. The molecule has 1 unspecified atom stereocenters. The van der Waals surface area contributed by atoms with E-state index in [0.29, 0.717) is 12.3 Å². The summed E-state index contributed by atoms with van der Waals surface area (Å²) in [6.45, 7) is 3.22. The summed E-state index contributed by atoms with van der Waals surface area (Å²) in [6, 6.07) is 4.02. The van der Waals surface area contributed by atoms with Gasteiger partial charge in [0, 0.05) is 18.4 Å². The van der Waals surface area contributed by atoms with Crippen molar-refractivity contribution in [2.75, 3.05) is 18.5 Å². The number of aromatic carboxylic acids is 1. The number of benzene rings is 1. The van der Waals surface area contributed by atoms with E-state index < -0.39 is 16.6 Å². The van der Waals surface area contributed by atoms with E-state index in [9.17, 15) is 14.9 Å². The van der Waals surface area contributed by atoms with E-state index >= 15 is 0 Å². The van der Waals surface area contributed by atoms with Gasteiger partial charge < -0.3 is 15.2 Å². The Balaban J connectivity index is 2.27. The van der Waals surface area contributed by atoms with Crippen molar-refractivity contribution < 1.29 is 19.6 Å². The molecule has 1 heterocycles. The standard InChI is InChI=1S/C13H16N2O5/c1-13(5-2-6-20-8-13)14-9-3-4-11(15(18)19)10(7-9)12(16)17/h3-4,7,14H,2,5-6,8H2,1H3,(H,16,17). The van der Waals surface area contributed by atoms with Gasteiger partial charge in [-0.1, -0.05) is 0 Å². The van der Waals surface area contributed by atoms with Gasteiger partial charge in [0.2, 0.25) is 0 Å². The van der Waals surface area contributed by atoms with Gasteiger partial charge in [0.25, 0.3) is 5.69 Å². The molecule has 7 nitrogen and oxygen atoms in total. The number of hydrogen-bond acceptors (Lipinski definition) is 5. The van der Waals surface area contributed by atoms with Crippen molar-refractivity contribution in [3.05, 3.63) is 33.9 Å². The van der Waals surface area contributed by atoms with E-state index in [1.165, 1.54) is 18.2 Å². The van der Waals surface area contributed by atoms with Gasteiger partial charge in [-0.15, -0.1) is 0 Å². The fraction of sp³-hybridized carbons (Fsp3) is 0.462. The first kappa shape index (κ1) is 14.3. The smallest absolute Gasteiger partial charge is 0.342 e. The molecule has 7 heteroatoms. The molecule has 1 aliphatic rings. The predicted octanol–water partition coefficient (Wildman–Crippen LogP) is 2.27. The minimum absolute atomic E-state index is 0.288. The van der Waals surface area contributed by atoms with Crippen molar-refractivity contribution in [2.24, 2.45) is 0 Å². The molecule has 20 heavy (non-hydrogen) atoms. The molecule has 1 aliphatic heterocycles. The number of hydrogen-bond donors (Lipinski definition) is 2. The molecule has 0 aromatic heterocycles. The van der Waals surface area contributed by atoms with Crippen LogP contribution in [0.1, 0.15) is 30.1 Å². The number of nitro benzene ring substituents is 1. The molecular formula is C13H16N2O5. The Morgan fingerprint density at radius 3 is 2.85 bits per heavy atom. The Morgan fingerprint density at radius 1 is 1.55 bits per heavy atom. The van der Waals surface area contributed by atoms with Crippen LogP contribution in [0.5, 0.6) is 0 Å². The van der Waals surface area contributed by atoms with Crippen LogP contribution in [0.4, 0.5) is 11.4 Å². The van der Waals surface area contributed by atoms with Crippen molar-refractivity contribution >= 4 is 17.3 Å². The van der Waals surface area contributed by atoms with Crippen LogP contribution >= 0.6 is 0 Å². The largest absolute Gasteiger partial charge is 0.477 e. The second-order valence-electron chi connectivity index (χ2n) is 5.14. The molecule has 0 aliphatic carbocycles. The molecule has 0 bridgehead atoms. The maximum atomic E-state index is 11.1. The van der Waals surface area contributed by atoms with Gasteiger partial charge in [0.1, 0.15) is 5.56 Å². The minimum atomic E-state index is -1.31. The number of anilines is 1. The molecule has 0 amide bonds. The summed E-state index contributed by atoms with van der Waals surface area (Å²) >= 11 is 0. The minimum Gasteiger partial charge on any atom is -0.477 e. The average Bonchev–Trinajstić information content (AvgIpc) is 2.38. The zero-order valence-electron chi connectivity index (χ0n) is 11.1. The number of nitro groups is 1. The Kier molecular flexibility index (Phi) is 3.89. The molecule has 1 atom stereocenters. The van der Waals surface area contributed by atoms with Gasteiger partial charge in [0.15, 0.2) is 0 Å². The summed E-state index contributed by atoms with van der Waals surface area (Å²) < 4.78 is 5.41. The SMILES string of the molecule is CC1(Nc2ccc([N+](=O)[O-])c(C(=O)O)c2)CCCOC1. The van der Waals surface area contributed by atoms with E-state index in [0.717, 1.165) is 19.4 Å². The quantitative estimate of drug-likeness (QED) is 0.648. The highest BCUT2D eigenvalue weighted by atomic mass is 16.6. The third kappa shape index (κ3) is 3.05. The highest BCUT2D eigenvalue weighted by Crippen LogP contribution is 2.28. The molecule has 1 saturated heterocycles. The Morgan fingerprint density at radius 2 is 2.30 bits per heavy atom. The number of rotatable bonds is 4. The van der Waals surface area contributed by atoms with Crippen molar-refractivity contribution in [1.82, 2.24) is 0 Å². The summed E-state index contributed by atoms with van der Waals surface area (Å²) in [7, 11) is 0. The second-order valence-corrected chi connectivity index (χ2v) is 5.14. The predicted molar refractivity (Wildman–Crippen MR) is 72.1 cm³/mol. The van der Waals surface area contributed by atoms with E-state index in [-0.39, 0.29) is 11.1 Å². The summed E-state index contributed by atoms with van der Waals surface area (Å²) in [5, 5.41) is 23.1.